The second-order valence-electron chi connectivity index (χ2n) is 5.16. The molecule has 0 aliphatic rings. The molecule has 0 unspecified atom stereocenters. The zero-order chi connectivity index (χ0) is 13.0. The highest BCUT2D eigenvalue weighted by Crippen LogP contribution is 2.28. The molecule has 3 heteroatoms. The molecular weight excluding hydrogens is 278 g/mol. The van der Waals surface area contributed by atoms with E-state index in [9.17, 15) is 5.11 Å². The summed E-state index contributed by atoms with van der Waals surface area (Å²) in [6.45, 7) is 10.7. The molecule has 0 bridgehead atoms. The van der Waals surface area contributed by atoms with Gasteiger partial charge < -0.3 is 5.11 Å². The largest absolute Gasteiger partial charge is 0.506 e. The van der Waals surface area contributed by atoms with Gasteiger partial charge in [-0.25, -0.2) is 0 Å². The third-order valence-corrected chi connectivity index (χ3v) is 3.41. The fourth-order valence-corrected chi connectivity index (χ4v) is 2.24. The maximum Gasteiger partial charge on any atom is 0.134 e. The molecule has 0 saturated heterocycles. The Bertz CT molecular complexity index is 363. The summed E-state index contributed by atoms with van der Waals surface area (Å²) < 4.78 is 0.767. The van der Waals surface area contributed by atoms with Gasteiger partial charge in [-0.1, -0.05) is 26.0 Å². The average Bonchev–Trinajstić information content (AvgIpc) is 2.22. The van der Waals surface area contributed by atoms with Gasteiger partial charge in [0.25, 0.3) is 0 Å². The predicted molar refractivity (Wildman–Crippen MR) is 76.2 cm³/mol. The molecule has 96 valence electrons. The maximum atomic E-state index is 9.99. The molecule has 0 atom stereocenters. The van der Waals surface area contributed by atoms with Crippen molar-refractivity contribution in [2.45, 2.75) is 40.3 Å². The number of aromatic hydroxyl groups is 1. The first-order valence-corrected chi connectivity index (χ1v) is 6.91. The van der Waals surface area contributed by atoms with Crippen LogP contribution >= 0.6 is 15.9 Å². The molecule has 0 radical (unpaired) electrons. The molecule has 1 N–H and O–H groups in total. The Hall–Kier alpha value is -0.540. The van der Waals surface area contributed by atoms with Crippen LogP contribution in [0.3, 0.4) is 0 Å². The molecule has 0 amide bonds. The van der Waals surface area contributed by atoms with Crippen molar-refractivity contribution in [2.24, 2.45) is 5.92 Å². The second-order valence-corrected chi connectivity index (χ2v) is 6.02. The van der Waals surface area contributed by atoms with Crippen molar-refractivity contribution >= 4 is 15.9 Å². The minimum atomic E-state index is 0.363. The summed E-state index contributed by atoms with van der Waals surface area (Å²) in [4.78, 5) is 2.38. The van der Waals surface area contributed by atoms with Crippen LogP contribution in [0.25, 0.3) is 0 Å². The van der Waals surface area contributed by atoms with Gasteiger partial charge in [0.2, 0.25) is 0 Å². The molecule has 1 aromatic rings. The Kier molecular flexibility index (Phi) is 5.47. The number of para-hydroxylation sites is 1. The van der Waals surface area contributed by atoms with Gasteiger partial charge >= 0.3 is 0 Å². The fraction of sp³-hybridized carbons (Fsp3) is 0.571. The number of rotatable bonds is 5. The normalized spacial score (nSPS) is 11.8. The standard InChI is InChI=1S/C14H22BrNO/c1-10(2)8-16(11(3)4)9-12-6-5-7-13(15)14(12)17/h5-7,10-11,17H,8-9H2,1-4H3. The number of halogens is 1. The van der Waals surface area contributed by atoms with Crippen molar-refractivity contribution in [3.63, 3.8) is 0 Å². The van der Waals surface area contributed by atoms with Crippen LogP contribution in [-0.2, 0) is 6.54 Å². The quantitative estimate of drug-likeness (QED) is 0.887. The van der Waals surface area contributed by atoms with E-state index >= 15 is 0 Å². The summed E-state index contributed by atoms with van der Waals surface area (Å²) >= 11 is 3.36. The van der Waals surface area contributed by atoms with Crippen molar-refractivity contribution in [3.05, 3.63) is 28.2 Å². The molecule has 0 spiro atoms. The van der Waals surface area contributed by atoms with E-state index in [2.05, 4.69) is 48.5 Å². The zero-order valence-electron chi connectivity index (χ0n) is 11.1. The van der Waals surface area contributed by atoms with Gasteiger partial charge in [0.1, 0.15) is 5.75 Å². The lowest BCUT2D eigenvalue weighted by molar-refractivity contribution is 0.187. The minimum Gasteiger partial charge on any atom is -0.506 e. The number of phenols is 1. The van der Waals surface area contributed by atoms with Crippen LogP contribution in [0.4, 0.5) is 0 Å². The van der Waals surface area contributed by atoms with Crippen LogP contribution in [0.15, 0.2) is 22.7 Å². The summed E-state index contributed by atoms with van der Waals surface area (Å²) in [6.07, 6.45) is 0. The Labute approximate surface area is 113 Å². The number of hydrogen-bond acceptors (Lipinski definition) is 2. The second kappa shape index (κ2) is 6.41. The van der Waals surface area contributed by atoms with Gasteiger partial charge in [-0.05, 0) is 41.8 Å². The molecule has 17 heavy (non-hydrogen) atoms. The summed E-state index contributed by atoms with van der Waals surface area (Å²) in [6, 6.07) is 6.29. The highest BCUT2D eigenvalue weighted by molar-refractivity contribution is 9.10. The van der Waals surface area contributed by atoms with Crippen LogP contribution in [0.1, 0.15) is 33.3 Å². The molecule has 2 nitrogen and oxygen atoms in total. The van der Waals surface area contributed by atoms with Crippen LogP contribution in [0, 0.1) is 5.92 Å². The van der Waals surface area contributed by atoms with E-state index in [4.69, 9.17) is 0 Å². The van der Waals surface area contributed by atoms with Gasteiger partial charge in [-0.3, -0.25) is 4.90 Å². The summed E-state index contributed by atoms with van der Waals surface area (Å²) in [5.41, 5.74) is 0.980. The predicted octanol–water partition coefficient (Wildman–Crippen LogP) is 4.02. The van der Waals surface area contributed by atoms with Gasteiger partial charge in [0.15, 0.2) is 0 Å². The summed E-state index contributed by atoms with van der Waals surface area (Å²) in [5.74, 6) is 0.994. The van der Waals surface area contributed by atoms with E-state index in [1.54, 1.807) is 0 Å². The van der Waals surface area contributed by atoms with Gasteiger partial charge in [0, 0.05) is 24.7 Å². The monoisotopic (exact) mass is 299 g/mol. The smallest absolute Gasteiger partial charge is 0.134 e. The molecular formula is C14H22BrNO. The Morgan fingerprint density at radius 2 is 1.88 bits per heavy atom. The highest BCUT2D eigenvalue weighted by Gasteiger charge is 2.14. The lowest BCUT2D eigenvalue weighted by atomic mass is 10.1. The molecule has 0 aromatic heterocycles. The first-order chi connectivity index (χ1) is 7.91. The van der Waals surface area contributed by atoms with Crippen molar-refractivity contribution < 1.29 is 5.11 Å². The van der Waals surface area contributed by atoms with Crippen molar-refractivity contribution in [1.82, 2.24) is 4.90 Å². The summed E-state index contributed by atoms with van der Waals surface area (Å²) in [7, 11) is 0. The van der Waals surface area contributed by atoms with Crippen molar-refractivity contribution in [2.75, 3.05) is 6.54 Å². The number of benzene rings is 1. The maximum absolute atomic E-state index is 9.99. The van der Waals surface area contributed by atoms with Gasteiger partial charge in [-0.15, -0.1) is 0 Å². The van der Waals surface area contributed by atoms with Gasteiger partial charge in [-0.2, -0.15) is 0 Å². The van der Waals surface area contributed by atoms with E-state index < -0.39 is 0 Å². The number of phenolic OH excluding ortho intramolecular Hbond substituents is 1. The Morgan fingerprint density at radius 1 is 1.24 bits per heavy atom. The van der Waals surface area contributed by atoms with Crippen LogP contribution in [-0.4, -0.2) is 22.6 Å². The SMILES string of the molecule is CC(C)CN(Cc1cccc(Br)c1O)C(C)C. The molecule has 1 rings (SSSR count). The summed E-state index contributed by atoms with van der Waals surface area (Å²) in [5, 5.41) is 9.99. The molecule has 0 fully saturated rings. The lowest BCUT2D eigenvalue weighted by Gasteiger charge is -2.28. The van der Waals surface area contributed by atoms with Crippen LogP contribution < -0.4 is 0 Å². The number of nitrogens with zero attached hydrogens (tertiary/aromatic N) is 1. The van der Waals surface area contributed by atoms with Crippen molar-refractivity contribution in [1.29, 1.82) is 0 Å². The Morgan fingerprint density at radius 3 is 2.41 bits per heavy atom. The average molecular weight is 300 g/mol. The molecule has 0 heterocycles. The Balaban J connectivity index is 2.82. The fourth-order valence-electron chi connectivity index (χ4n) is 1.83. The van der Waals surface area contributed by atoms with Crippen molar-refractivity contribution in [3.8, 4) is 5.75 Å². The highest BCUT2D eigenvalue weighted by atomic mass is 79.9. The van der Waals surface area contributed by atoms with E-state index in [0.29, 0.717) is 17.7 Å². The first-order valence-electron chi connectivity index (χ1n) is 6.12. The minimum absolute atomic E-state index is 0.363. The van der Waals surface area contributed by atoms with E-state index in [0.717, 1.165) is 23.1 Å². The molecule has 0 aliphatic carbocycles. The third kappa shape index (κ3) is 4.32. The van der Waals surface area contributed by atoms with Gasteiger partial charge in [0.05, 0.1) is 4.47 Å². The van der Waals surface area contributed by atoms with E-state index in [1.165, 1.54) is 0 Å². The number of hydrogen-bond donors (Lipinski definition) is 1. The third-order valence-electron chi connectivity index (χ3n) is 2.77. The van der Waals surface area contributed by atoms with Crippen LogP contribution in [0.2, 0.25) is 0 Å². The first kappa shape index (κ1) is 14.5. The molecule has 0 saturated carbocycles. The molecule has 1 aromatic carbocycles. The van der Waals surface area contributed by atoms with Crippen LogP contribution in [0.5, 0.6) is 5.75 Å². The molecule has 0 aliphatic heterocycles. The van der Waals surface area contributed by atoms with E-state index in [1.807, 2.05) is 18.2 Å². The topological polar surface area (TPSA) is 23.5 Å². The zero-order valence-corrected chi connectivity index (χ0v) is 12.7. The lowest BCUT2D eigenvalue weighted by Crippen LogP contribution is -2.33. The van der Waals surface area contributed by atoms with E-state index in [-0.39, 0.29) is 0 Å².